The van der Waals surface area contributed by atoms with E-state index in [0.29, 0.717) is 23.1 Å². The van der Waals surface area contributed by atoms with Crippen LogP contribution in [0.3, 0.4) is 0 Å². The van der Waals surface area contributed by atoms with Crippen molar-refractivity contribution in [2.75, 3.05) is 5.75 Å². The van der Waals surface area contributed by atoms with E-state index in [4.69, 9.17) is 0 Å². The average molecular weight is 291 g/mol. The third kappa shape index (κ3) is 4.01. The number of alkyl halides is 4. The van der Waals surface area contributed by atoms with E-state index in [-0.39, 0.29) is 17.5 Å². The fraction of sp³-hybridized carbons (Fsp3) is 1.00. The van der Waals surface area contributed by atoms with Gasteiger partial charge in [-0.15, -0.1) is 0 Å². The molecule has 1 rings (SSSR count). The third-order valence-corrected chi connectivity index (χ3v) is 4.94. The minimum Gasteiger partial charge on any atom is -0.160 e. The Morgan fingerprint density at radius 2 is 2.00 bits per heavy atom. The van der Waals surface area contributed by atoms with Crippen LogP contribution >= 0.6 is 27.7 Å². The predicted molar refractivity (Wildman–Crippen MR) is 57.7 cm³/mol. The molecule has 0 radical (unpaired) electrons. The van der Waals surface area contributed by atoms with Crippen molar-refractivity contribution in [1.29, 1.82) is 0 Å². The molecule has 0 saturated heterocycles. The van der Waals surface area contributed by atoms with Gasteiger partial charge in [0, 0.05) is 10.6 Å². The molecule has 0 N–H and O–H groups in total. The molecule has 1 aliphatic carbocycles. The highest BCUT2D eigenvalue weighted by molar-refractivity contribution is 9.09. The average Bonchev–Trinajstić information content (AvgIpc) is 2.33. The van der Waals surface area contributed by atoms with Gasteiger partial charge in [0.05, 0.1) is 0 Å². The summed E-state index contributed by atoms with van der Waals surface area (Å²) >= 11 is 3.65. The first-order valence-corrected chi connectivity index (χ1v) is 6.65. The maximum Gasteiger partial charge on any atom is 0.441 e. The van der Waals surface area contributed by atoms with Gasteiger partial charge in [-0.25, -0.2) is 0 Å². The summed E-state index contributed by atoms with van der Waals surface area (Å²) in [6.45, 7) is 2.12. The van der Waals surface area contributed by atoms with Crippen LogP contribution in [0.25, 0.3) is 0 Å². The highest BCUT2D eigenvalue weighted by Crippen LogP contribution is 2.40. The molecule has 0 aromatic rings. The SMILES string of the molecule is CC1C(Br)CCC1CCSC(F)(F)F. The van der Waals surface area contributed by atoms with E-state index >= 15 is 0 Å². The van der Waals surface area contributed by atoms with Gasteiger partial charge in [0.15, 0.2) is 0 Å². The molecule has 0 nitrogen and oxygen atoms in total. The Balaban J connectivity index is 2.19. The van der Waals surface area contributed by atoms with E-state index < -0.39 is 5.51 Å². The van der Waals surface area contributed by atoms with Crippen molar-refractivity contribution < 1.29 is 13.2 Å². The summed E-state index contributed by atoms with van der Waals surface area (Å²) in [5, 5.41) is 0. The van der Waals surface area contributed by atoms with Crippen LogP contribution in [0.5, 0.6) is 0 Å². The minimum atomic E-state index is -4.06. The highest BCUT2D eigenvalue weighted by atomic mass is 79.9. The van der Waals surface area contributed by atoms with Crippen molar-refractivity contribution in [1.82, 2.24) is 0 Å². The molecule has 1 fully saturated rings. The minimum absolute atomic E-state index is 0.108. The molecule has 0 aliphatic heterocycles. The van der Waals surface area contributed by atoms with Crippen LogP contribution < -0.4 is 0 Å². The zero-order valence-corrected chi connectivity index (χ0v) is 10.4. The standard InChI is InChI=1S/C9H14BrF3S/c1-6-7(2-3-8(6)10)4-5-14-9(11,12)13/h6-8H,2-5H2,1H3. The fourth-order valence-corrected chi connectivity index (χ4v) is 3.28. The second kappa shape index (κ2) is 5.10. The topological polar surface area (TPSA) is 0 Å². The second-order valence-corrected chi connectivity index (χ2v) is 6.13. The van der Waals surface area contributed by atoms with Gasteiger partial charge in [-0.2, -0.15) is 13.2 Å². The molecule has 0 spiro atoms. The van der Waals surface area contributed by atoms with Gasteiger partial charge >= 0.3 is 5.51 Å². The first-order chi connectivity index (χ1) is 6.40. The van der Waals surface area contributed by atoms with E-state index in [0.717, 1.165) is 12.8 Å². The van der Waals surface area contributed by atoms with Gasteiger partial charge in [0.1, 0.15) is 0 Å². The van der Waals surface area contributed by atoms with Crippen molar-refractivity contribution in [2.24, 2.45) is 11.8 Å². The summed E-state index contributed by atoms with van der Waals surface area (Å²) in [6.07, 6.45) is 2.85. The van der Waals surface area contributed by atoms with E-state index in [1.165, 1.54) is 0 Å². The Bertz CT molecular complexity index is 183. The van der Waals surface area contributed by atoms with E-state index in [1.54, 1.807) is 0 Å². The number of hydrogen-bond donors (Lipinski definition) is 0. The summed E-state index contributed by atoms with van der Waals surface area (Å²) < 4.78 is 35.6. The maximum atomic E-state index is 11.9. The Morgan fingerprint density at radius 1 is 1.36 bits per heavy atom. The number of hydrogen-bond acceptors (Lipinski definition) is 1. The van der Waals surface area contributed by atoms with Gasteiger partial charge in [-0.1, -0.05) is 34.6 Å². The van der Waals surface area contributed by atoms with Crippen molar-refractivity contribution in [3.63, 3.8) is 0 Å². The lowest BCUT2D eigenvalue weighted by Gasteiger charge is -2.17. The molecule has 0 aromatic carbocycles. The van der Waals surface area contributed by atoms with E-state index in [2.05, 4.69) is 22.9 Å². The molecule has 84 valence electrons. The molecule has 3 unspecified atom stereocenters. The van der Waals surface area contributed by atoms with Gasteiger partial charge in [0.2, 0.25) is 0 Å². The molecule has 0 bridgehead atoms. The van der Waals surface area contributed by atoms with Crippen molar-refractivity contribution in [3.05, 3.63) is 0 Å². The van der Waals surface area contributed by atoms with Crippen LogP contribution in [0, 0.1) is 11.8 Å². The van der Waals surface area contributed by atoms with Crippen LogP contribution in [0.2, 0.25) is 0 Å². The lowest BCUT2D eigenvalue weighted by atomic mass is 9.96. The van der Waals surface area contributed by atoms with Crippen LogP contribution in [-0.4, -0.2) is 16.1 Å². The Hall–Kier alpha value is 0.620. The molecule has 1 aliphatic rings. The largest absolute Gasteiger partial charge is 0.441 e. The second-order valence-electron chi connectivity index (χ2n) is 3.80. The predicted octanol–water partition coefficient (Wildman–Crippen LogP) is 4.44. The molecule has 1 saturated carbocycles. The molecule has 0 amide bonds. The van der Waals surface area contributed by atoms with Crippen LogP contribution in [0.1, 0.15) is 26.2 Å². The zero-order valence-electron chi connectivity index (χ0n) is 7.98. The van der Waals surface area contributed by atoms with Crippen LogP contribution in [0.15, 0.2) is 0 Å². The van der Waals surface area contributed by atoms with Gasteiger partial charge in [0.25, 0.3) is 0 Å². The van der Waals surface area contributed by atoms with E-state index in [9.17, 15) is 13.2 Å². The smallest absolute Gasteiger partial charge is 0.160 e. The molecular formula is C9H14BrF3S. The van der Waals surface area contributed by atoms with Crippen molar-refractivity contribution in [3.8, 4) is 0 Å². The molecule has 0 heterocycles. The lowest BCUT2D eigenvalue weighted by molar-refractivity contribution is -0.0328. The number of halogens is 4. The molecule has 3 atom stereocenters. The lowest BCUT2D eigenvalue weighted by Crippen LogP contribution is -2.12. The van der Waals surface area contributed by atoms with Crippen LogP contribution in [0.4, 0.5) is 13.2 Å². The summed E-state index contributed by atoms with van der Waals surface area (Å²) in [5.74, 6) is 1.19. The van der Waals surface area contributed by atoms with Gasteiger partial charge < -0.3 is 0 Å². The first-order valence-electron chi connectivity index (χ1n) is 4.75. The van der Waals surface area contributed by atoms with E-state index in [1.807, 2.05) is 0 Å². The quantitative estimate of drug-likeness (QED) is 0.693. The molecular weight excluding hydrogens is 277 g/mol. The molecule has 14 heavy (non-hydrogen) atoms. The Morgan fingerprint density at radius 3 is 2.43 bits per heavy atom. The Labute approximate surface area is 95.1 Å². The highest BCUT2D eigenvalue weighted by Gasteiger charge is 2.33. The summed E-state index contributed by atoms with van der Waals surface area (Å²) in [5.41, 5.74) is -4.06. The van der Waals surface area contributed by atoms with Crippen molar-refractivity contribution >= 4 is 27.7 Å². The van der Waals surface area contributed by atoms with Gasteiger partial charge in [-0.3, -0.25) is 0 Å². The third-order valence-electron chi connectivity index (χ3n) is 2.88. The molecule has 5 heteroatoms. The summed E-state index contributed by atoms with van der Waals surface area (Å²) in [6, 6.07) is 0. The fourth-order valence-electron chi connectivity index (χ4n) is 1.93. The summed E-state index contributed by atoms with van der Waals surface area (Å²) in [4.78, 5) is 0.503. The monoisotopic (exact) mass is 290 g/mol. The zero-order chi connectivity index (χ0) is 10.8. The normalized spacial score (nSPS) is 33.6. The first kappa shape index (κ1) is 12.7. The van der Waals surface area contributed by atoms with Gasteiger partial charge in [-0.05, 0) is 31.1 Å². The number of thioether (sulfide) groups is 1. The molecule has 0 aromatic heterocycles. The maximum absolute atomic E-state index is 11.9. The van der Waals surface area contributed by atoms with Crippen molar-refractivity contribution in [2.45, 2.75) is 36.5 Å². The number of rotatable bonds is 3. The summed E-state index contributed by atoms with van der Waals surface area (Å²) in [7, 11) is 0. The Kier molecular flexibility index (Phi) is 4.62. The van der Waals surface area contributed by atoms with Crippen LogP contribution in [-0.2, 0) is 0 Å².